The van der Waals surface area contributed by atoms with Gasteiger partial charge in [0.15, 0.2) is 19.6 Å². The lowest BCUT2D eigenvalue weighted by Crippen LogP contribution is -2.63. The number of pyridine rings is 1. The van der Waals surface area contributed by atoms with E-state index in [0.29, 0.717) is 18.7 Å². The van der Waals surface area contributed by atoms with Crippen LogP contribution in [0.25, 0.3) is 5.65 Å². The smallest absolute Gasteiger partial charge is 0.240 e. The fourth-order valence-electron chi connectivity index (χ4n) is 2.51. The van der Waals surface area contributed by atoms with Crippen LogP contribution in [0.15, 0.2) is 18.3 Å². The van der Waals surface area contributed by atoms with Crippen molar-refractivity contribution in [3.8, 4) is 0 Å². The van der Waals surface area contributed by atoms with Crippen molar-refractivity contribution in [1.29, 1.82) is 0 Å². The molecule has 2 N–H and O–H groups in total. The fourth-order valence-corrected chi connectivity index (χ4v) is 3.57. The summed E-state index contributed by atoms with van der Waals surface area (Å²) >= 11 is 0. The van der Waals surface area contributed by atoms with Crippen LogP contribution in [0.2, 0.25) is 18.1 Å². The Kier molecular flexibility index (Phi) is 3.87. The zero-order valence-corrected chi connectivity index (χ0v) is 16.0. The SMILES string of the molecule is CC(C)(C)[Si](C)(C)OCC1(F)CN(c2ccc3nc(N)nn3c2)C1. The largest absolute Gasteiger partial charge is 0.413 e. The molecular formula is C16H26FN5OSi. The van der Waals surface area contributed by atoms with E-state index in [4.69, 9.17) is 10.2 Å². The van der Waals surface area contributed by atoms with Crippen molar-refractivity contribution in [2.75, 3.05) is 30.3 Å². The molecule has 1 aliphatic heterocycles. The number of hydrogen-bond donors (Lipinski definition) is 1. The summed E-state index contributed by atoms with van der Waals surface area (Å²) in [5, 5.41) is 4.18. The lowest BCUT2D eigenvalue weighted by molar-refractivity contribution is 0.0496. The molecule has 24 heavy (non-hydrogen) atoms. The number of nitrogens with two attached hydrogens (primary N) is 1. The van der Waals surface area contributed by atoms with Crippen LogP contribution in [0.4, 0.5) is 16.0 Å². The molecule has 0 saturated carbocycles. The quantitative estimate of drug-likeness (QED) is 0.858. The zero-order chi connectivity index (χ0) is 17.8. The maximum absolute atomic E-state index is 14.9. The van der Waals surface area contributed by atoms with Crippen LogP contribution in [0.3, 0.4) is 0 Å². The number of alkyl halides is 1. The van der Waals surface area contributed by atoms with Gasteiger partial charge in [-0.25, -0.2) is 8.91 Å². The highest BCUT2D eigenvalue weighted by Crippen LogP contribution is 2.39. The summed E-state index contributed by atoms with van der Waals surface area (Å²) in [6.45, 7) is 11.6. The molecule has 2 aromatic heterocycles. The van der Waals surface area contributed by atoms with Gasteiger partial charge in [-0.05, 0) is 30.3 Å². The molecule has 0 amide bonds. The van der Waals surface area contributed by atoms with Gasteiger partial charge in [0, 0.05) is 0 Å². The van der Waals surface area contributed by atoms with Crippen LogP contribution in [-0.4, -0.2) is 48.3 Å². The molecule has 0 aromatic carbocycles. The number of anilines is 2. The molecule has 0 unspecified atom stereocenters. The fraction of sp³-hybridized carbons (Fsp3) is 0.625. The Labute approximate surface area is 142 Å². The molecule has 8 heteroatoms. The summed E-state index contributed by atoms with van der Waals surface area (Å²) < 4.78 is 22.6. The zero-order valence-electron chi connectivity index (χ0n) is 15.0. The summed E-state index contributed by atoms with van der Waals surface area (Å²) in [4.78, 5) is 6.07. The first-order chi connectivity index (χ1) is 11.0. The van der Waals surface area contributed by atoms with E-state index >= 15 is 0 Å². The Morgan fingerprint density at radius 2 is 2.00 bits per heavy atom. The van der Waals surface area contributed by atoms with Crippen LogP contribution < -0.4 is 10.6 Å². The Balaban J connectivity index is 1.62. The molecule has 0 bridgehead atoms. The third kappa shape index (κ3) is 3.12. The van der Waals surface area contributed by atoms with E-state index in [9.17, 15) is 4.39 Å². The van der Waals surface area contributed by atoms with E-state index in [1.807, 2.05) is 23.2 Å². The minimum Gasteiger partial charge on any atom is -0.413 e. The number of aromatic nitrogens is 3. The van der Waals surface area contributed by atoms with Gasteiger partial charge < -0.3 is 15.1 Å². The maximum atomic E-state index is 14.9. The monoisotopic (exact) mass is 351 g/mol. The van der Waals surface area contributed by atoms with Crippen molar-refractivity contribution in [3.63, 3.8) is 0 Å². The van der Waals surface area contributed by atoms with Gasteiger partial charge in [0.25, 0.3) is 0 Å². The minimum absolute atomic E-state index is 0.0881. The van der Waals surface area contributed by atoms with E-state index in [1.54, 1.807) is 4.52 Å². The van der Waals surface area contributed by atoms with E-state index in [1.165, 1.54) is 0 Å². The van der Waals surface area contributed by atoms with E-state index in [-0.39, 0.29) is 17.6 Å². The topological polar surface area (TPSA) is 68.7 Å². The molecule has 0 radical (unpaired) electrons. The highest BCUT2D eigenvalue weighted by molar-refractivity contribution is 6.74. The summed E-state index contributed by atoms with van der Waals surface area (Å²) in [6.07, 6.45) is 1.83. The molecule has 1 saturated heterocycles. The lowest BCUT2D eigenvalue weighted by Gasteiger charge is -2.47. The van der Waals surface area contributed by atoms with Crippen LogP contribution in [0.5, 0.6) is 0 Å². The van der Waals surface area contributed by atoms with Crippen molar-refractivity contribution < 1.29 is 8.82 Å². The molecule has 0 spiro atoms. The van der Waals surface area contributed by atoms with Gasteiger partial charge in [0.2, 0.25) is 5.95 Å². The predicted molar refractivity (Wildman–Crippen MR) is 96.6 cm³/mol. The molecule has 0 atom stereocenters. The second-order valence-electron chi connectivity index (χ2n) is 8.22. The third-order valence-electron chi connectivity index (χ3n) is 5.14. The number of fused-ring (bicyclic) bond motifs is 1. The van der Waals surface area contributed by atoms with Gasteiger partial charge in [-0.3, -0.25) is 0 Å². The van der Waals surface area contributed by atoms with Crippen molar-refractivity contribution in [2.24, 2.45) is 0 Å². The molecule has 0 aliphatic carbocycles. The predicted octanol–water partition coefficient (Wildman–Crippen LogP) is 2.86. The van der Waals surface area contributed by atoms with Crippen LogP contribution >= 0.6 is 0 Å². The Morgan fingerprint density at radius 3 is 2.62 bits per heavy atom. The van der Waals surface area contributed by atoms with Gasteiger partial charge in [0.05, 0.1) is 31.6 Å². The molecule has 132 valence electrons. The highest BCUT2D eigenvalue weighted by Gasteiger charge is 2.47. The van der Waals surface area contributed by atoms with Crippen molar-refractivity contribution in [1.82, 2.24) is 14.6 Å². The standard InChI is InChI=1S/C16H26FN5OSi/c1-15(2,3)24(4,5)23-11-16(17)9-21(10-16)12-6-7-13-19-14(18)20-22(13)8-12/h6-8H,9-11H2,1-5H3,(H2,18,20). The summed E-state index contributed by atoms with van der Waals surface area (Å²) in [6, 6.07) is 3.75. The average molecular weight is 352 g/mol. The Morgan fingerprint density at radius 1 is 1.33 bits per heavy atom. The van der Waals surface area contributed by atoms with Crippen molar-refractivity contribution >= 4 is 25.6 Å². The number of hydrogen-bond acceptors (Lipinski definition) is 5. The van der Waals surface area contributed by atoms with Gasteiger partial charge in [-0.2, -0.15) is 4.98 Å². The van der Waals surface area contributed by atoms with Crippen LogP contribution in [-0.2, 0) is 4.43 Å². The van der Waals surface area contributed by atoms with Gasteiger partial charge in [0.1, 0.15) is 0 Å². The van der Waals surface area contributed by atoms with E-state index in [2.05, 4.69) is 43.9 Å². The summed E-state index contributed by atoms with van der Waals surface area (Å²) in [5.41, 5.74) is 5.90. The molecule has 6 nitrogen and oxygen atoms in total. The number of halogens is 1. The summed E-state index contributed by atoms with van der Waals surface area (Å²) in [5.74, 6) is 0.235. The van der Waals surface area contributed by atoms with Gasteiger partial charge in [-0.1, -0.05) is 20.8 Å². The average Bonchev–Trinajstić information content (AvgIpc) is 2.80. The maximum Gasteiger partial charge on any atom is 0.240 e. The molecule has 2 aromatic rings. The van der Waals surface area contributed by atoms with Crippen LogP contribution in [0, 0.1) is 0 Å². The van der Waals surface area contributed by atoms with E-state index in [0.717, 1.165) is 5.69 Å². The first-order valence-electron chi connectivity index (χ1n) is 8.19. The molecule has 3 heterocycles. The lowest BCUT2D eigenvalue weighted by atomic mass is 9.97. The van der Waals surface area contributed by atoms with Crippen molar-refractivity contribution in [2.45, 2.75) is 44.6 Å². The molecule has 1 fully saturated rings. The molecule has 1 aliphatic rings. The number of rotatable bonds is 4. The third-order valence-corrected chi connectivity index (χ3v) is 9.62. The van der Waals surface area contributed by atoms with E-state index < -0.39 is 14.0 Å². The molecule has 3 rings (SSSR count). The van der Waals surface area contributed by atoms with Gasteiger partial charge in [-0.15, -0.1) is 5.10 Å². The number of nitrogens with zero attached hydrogens (tertiary/aromatic N) is 4. The normalized spacial score (nSPS) is 18.0. The van der Waals surface area contributed by atoms with Crippen molar-refractivity contribution in [3.05, 3.63) is 18.3 Å². The highest BCUT2D eigenvalue weighted by atomic mass is 28.4. The Hall–Kier alpha value is -1.67. The molecular weight excluding hydrogens is 325 g/mol. The second kappa shape index (κ2) is 5.42. The summed E-state index contributed by atoms with van der Waals surface area (Å²) in [7, 11) is -1.93. The first kappa shape index (κ1) is 17.2. The minimum atomic E-state index is -1.93. The van der Waals surface area contributed by atoms with Crippen LogP contribution in [0.1, 0.15) is 20.8 Å². The van der Waals surface area contributed by atoms with Gasteiger partial charge >= 0.3 is 0 Å². The Bertz CT molecular complexity index is 748. The first-order valence-corrected chi connectivity index (χ1v) is 11.1. The second-order valence-corrected chi connectivity index (χ2v) is 13.0. The number of nitrogen functional groups attached to an aromatic ring is 1.